The summed E-state index contributed by atoms with van der Waals surface area (Å²) in [6.07, 6.45) is 1.29. The summed E-state index contributed by atoms with van der Waals surface area (Å²) in [5.41, 5.74) is 2.38. The van der Waals surface area contributed by atoms with Gasteiger partial charge in [-0.2, -0.15) is 20.5 Å². The van der Waals surface area contributed by atoms with Crippen LogP contribution >= 0.6 is 15.9 Å². The molecule has 16 heavy (non-hydrogen) atoms. The minimum Gasteiger partial charge on any atom is -0.386 e. The molecule has 1 unspecified atom stereocenters. The highest BCUT2D eigenvalue weighted by Crippen LogP contribution is 2.24. The minimum atomic E-state index is -0.676. The van der Waals surface area contributed by atoms with Crippen LogP contribution in [0.5, 0.6) is 0 Å². The van der Waals surface area contributed by atoms with Crippen LogP contribution in [0, 0.1) is 6.92 Å². The van der Waals surface area contributed by atoms with Gasteiger partial charge in [0.2, 0.25) is 0 Å². The van der Waals surface area contributed by atoms with Gasteiger partial charge in [-0.25, -0.2) is 0 Å². The van der Waals surface area contributed by atoms with Crippen LogP contribution in [0.1, 0.15) is 23.2 Å². The van der Waals surface area contributed by atoms with Crippen molar-refractivity contribution >= 4 is 15.9 Å². The maximum absolute atomic E-state index is 9.94. The van der Waals surface area contributed by atoms with E-state index in [1.54, 1.807) is 4.68 Å². The summed E-state index contributed by atoms with van der Waals surface area (Å²) in [7, 11) is 1.85. The number of aliphatic hydroxyl groups excluding tert-OH is 1. The highest BCUT2D eigenvalue weighted by molar-refractivity contribution is 9.10. The zero-order valence-electron chi connectivity index (χ0n) is 8.98. The molecule has 0 aliphatic carbocycles. The molecule has 2 N–H and O–H groups in total. The lowest BCUT2D eigenvalue weighted by Crippen LogP contribution is -2.07. The molecule has 0 aromatic carbocycles. The van der Waals surface area contributed by atoms with Crippen molar-refractivity contribution in [1.29, 1.82) is 0 Å². The number of nitrogens with zero attached hydrogens (tertiary/aromatic N) is 4. The van der Waals surface area contributed by atoms with Crippen LogP contribution in [0.3, 0.4) is 0 Å². The fraction of sp³-hybridized carbons (Fsp3) is 0.444. The Kier molecular flexibility index (Phi) is 3.06. The van der Waals surface area contributed by atoms with E-state index in [-0.39, 0.29) is 0 Å². The molecule has 2 rings (SSSR count). The Morgan fingerprint density at radius 2 is 2.38 bits per heavy atom. The smallest absolute Gasteiger partial charge is 0.111 e. The molecular weight excluding hydrogens is 274 g/mol. The highest BCUT2D eigenvalue weighted by atomic mass is 79.9. The van der Waals surface area contributed by atoms with Crippen LogP contribution in [0.15, 0.2) is 10.7 Å². The normalized spacial score (nSPS) is 13.0. The van der Waals surface area contributed by atoms with E-state index in [9.17, 15) is 5.11 Å². The second-order valence-electron chi connectivity index (χ2n) is 3.58. The molecule has 0 amide bonds. The summed E-state index contributed by atoms with van der Waals surface area (Å²) in [6.45, 7) is 1.91. The Labute approximate surface area is 101 Å². The molecule has 6 nitrogen and oxygen atoms in total. The molecule has 0 saturated carbocycles. The number of nitrogens with one attached hydrogen (secondary N) is 1. The zero-order valence-corrected chi connectivity index (χ0v) is 10.6. The zero-order chi connectivity index (χ0) is 11.7. The summed E-state index contributed by atoms with van der Waals surface area (Å²) < 4.78 is 2.68. The Balaban J connectivity index is 2.21. The Hall–Kier alpha value is -1.21. The number of rotatable bonds is 3. The van der Waals surface area contributed by atoms with Gasteiger partial charge in [0, 0.05) is 13.5 Å². The third kappa shape index (κ3) is 2.00. The largest absolute Gasteiger partial charge is 0.386 e. The fourth-order valence-electron chi connectivity index (χ4n) is 1.56. The van der Waals surface area contributed by atoms with E-state index in [0.717, 1.165) is 15.9 Å². The number of halogens is 1. The summed E-state index contributed by atoms with van der Waals surface area (Å²) in [4.78, 5) is 0. The second-order valence-corrected chi connectivity index (χ2v) is 4.38. The maximum atomic E-state index is 9.94. The van der Waals surface area contributed by atoms with Crippen molar-refractivity contribution in [3.05, 3.63) is 27.8 Å². The molecule has 0 fully saturated rings. The summed E-state index contributed by atoms with van der Waals surface area (Å²) in [6, 6.07) is 0. The van der Waals surface area contributed by atoms with E-state index in [4.69, 9.17) is 0 Å². The molecule has 0 saturated heterocycles. The first-order valence-electron chi connectivity index (χ1n) is 4.81. The third-order valence-corrected chi connectivity index (χ3v) is 3.45. The molecule has 0 aliphatic heterocycles. The van der Waals surface area contributed by atoms with Crippen LogP contribution in [-0.2, 0) is 13.5 Å². The van der Waals surface area contributed by atoms with Crippen molar-refractivity contribution in [3.63, 3.8) is 0 Å². The number of aliphatic hydroxyl groups is 1. The van der Waals surface area contributed by atoms with Gasteiger partial charge in [0.05, 0.1) is 22.1 Å². The van der Waals surface area contributed by atoms with Crippen LogP contribution in [0.4, 0.5) is 0 Å². The molecule has 86 valence electrons. The van der Waals surface area contributed by atoms with E-state index in [1.807, 2.05) is 14.0 Å². The number of H-pyrrole nitrogens is 1. The molecule has 0 spiro atoms. The van der Waals surface area contributed by atoms with Gasteiger partial charge in [-0.3, -0.25) is 4.68 Å². The first kappa shape index (κ1) is 11.3. The number of aromatic nitrogens is 5. The van der Waals surface area contributed by atoms with Crippen LogP contribution in [-0.4, -0.2) is 30.3 Å². The van der Waals surface area contributed by atoms with Crippen LogP contribution in [0.25, 0.3) is 0 Å². The van der Waals surface area contributed by atoms with Crippen molar-refractivity contribution in [2.75, 3.05) is 0 Å². The Morgan fingerprint density at radius 1 is 1.62 bits per heavy atom. The first-order chi connectivity index (χ1) is 7.59. The summed E-state index contributed by atoms with van der Waals surface area (Å²) in [5, 5.41) is 24.2. The first-order valence-corrected chi connectivity index (χ1v) is 5.60. The van der Waals surface area contributed by atoms with Gasteiger partial charge in [0.15, 0.2) is 0 Å². The van der Waals surface area contributed by atoms with E-state index >= 15 is 0 Å². The second kappa shape index (κ2) is 4.34. The van der Waals surface area contributed by atoms with E-state index in [1.165, 1.54) is 6.20 Å². The van der Waals surface area contributed by atoms with Crippen molar-refractivity contribution in [2.45, 2.75) is 19.4 Å². The van der Waals surface area contributed by atoms with Crippen LogP contribution in [0.2, 0.25) is 0 Å². The molecule has 2 aromatic heterocycles. The maximum Gasteiger partial charge on any atom is 0.111 e. The standard InChI is InChI=1S/C9H12BrN5O/c1-5-9(10)7(15(2)13-5)3-8(16)6-4-11-14-12-6/h4,8,16H,3H2,1-2H3,(H,11,12,14). The van der Waals surface area contributed by atoms with Gasteiger partial charge >= 0.3 is 0 Å². The number of hydrogen-bond donors (Lipinski definition) is 2. The lowest BCUT2D eigenvalue weighted by molar-refractivity contribution is 0.170. The average molecular weight is 286 g/mol. The fourth-order valence-corrected chi connectivity index (χ4v) is 2.06. The summed E-state index contributed by atoms with van der Waals surface area (Å²) in [5.74, 6) is 0. The van der Waals surface area contributed by atoms with Gasteiger partial charge in [0.25, 0.3) is 0 Å². The molecule has 1 atom stereocenters. The van der Waals surface area contributed by atoms with Gasteiger partial charge in [0.1, 0.15) is 11.8 Å². The van der Waals surface area contributed by atoms with Crippen LogP contribution < -0.4 is 0 Å². The number of hydrogen-bond acceptors (Lipinski definition) is 4. The SMILES string of the molecule is Cc1nn(C)c(CC(O)c2cn[nH]n2)c1Br. The minimum absolute atomic E-state index is 0.449. The predicted octanol–water partition coefficient (Wildman–Crippen LogP) is 0.885. The Bertz CT molecular complexity index is 478. The summed E-state index contributed by atoms with van der Waals surface area (Å²) >= 11 is 3.45. The van der Waals surface area contributed by atoms with E-state index in [0.29, 0.717) is 12.1 Å². The third-order valence-electron chi connectivity index (χ3n) is 2.42. The van der Waals surface area contributed by atoms with Crippen molar-refractivity contribution in [2.24, 2.45) is 7.05 Å². The number of aryl methyl sites for hydroxylation is 2. The molecular formula is C9H12BrN5O. The average Bonchev–Trinajstić information content (AvgIpc) is 2.83. The van der Waals surface area contributed by atoms with E-state index < -0.39 is 6.10 Å². The van der Waals surface area contributed by atoms with Gasteiger partial charge in [-0.05, 0) is 22.9 Å². The van der Waals surface area contributed by atoms with Crippen molar-refractivity contribution < 1.29 is 5.11 Å². The molecule has 2 heterocycles. The van der Waals surface area contributed by atoms with Crippen molar-refractivity contribution in [1.82, 2.24) is 25.2 Å². The van der Waals surface area contributed by atoms with Gasteiger partial charge in [-0.15, -0.1) is 0 Å². The highest BCUT2D eigenvalue weighted by Gasteiger charge is 2.17. The quantitative estimate of drug-likeness (QED) is 0.878. The molecule has 7 heteroatoms. The lowest BCUT2D eigenvalue weighted by Gasteiger charge is -2.07. The van der Waals surface area contributed by atoms with Gasteiger partial charge < -0.3 is 5.11 Å². The number of aromatic amines is 1. The monoisotopic (exact) mass is 285 g/mol. The van der Waals surface area contributed by atoms with Gasteiger partial charge in [-0.1, -0.05) is 0 Å². The molecule has 0 bridgehead atoms. The molecule has 0 radical (unpaired) electrons. The molecule has 0 aliphatic rings. The Morgan fingerprint density at radius 3 is 2.88 bits per heavy atom. The van der Waals surface area contributed by atoms with E-state index in [2.05, 4.69) is 36.4 Å². The predicted molar refractivity (Wildman–Crippen MR) is 60.7 cm³/mol. The van der Waals surface area contributed by atoms with Crippen molar-refractivity contribution in [3.8, 4) is 0 Å². The lowest BCUT2D eigenvalue weighted by atomic mass is 10.1. The molecule has 2 aromatic rings. The topological polar surface area (TPSA) is 79.6 Å².